The number of benzene rings is 2. The summed E-state index contributed by atoms with van der Waals surface area (Å²) >= 11 is 6.34. The van der Waals surface area contributed by atoms with E-state index in [2.05, 4.69) is 31.9 Å². The van der Waals surface area contributed by atoms with Crippen LogP contribution in [0.15, 0.2) is 59.3 Å². The SMILES string of the molecule is O=c1oc2c(Br)cc(Br)cc2c(=O)n1-c1ccccc1C(F)(F)F. The van der Waals surface area contributed by atoms with Gasteiger partial charge in [-0.2, -0.15) is 13.2 Å². The van der Waals surface area contributed by atoms with Gasteiger partial charge in [-0.15, -0.1) is 0 Å². The van der Waals surface area contributed by atoms with Crippen molar-refractivity contribution in [2.45, 2.75) is 6.18 Å². The van der Waals surface area contributed by atoms with Crippen molar-refractivity contribution in [2.24, 2.45) is 0 Å². The maximum Gasteiger partial charge on any atom is 0.427 e. The van der Waals surface area contributed by atoms with Crippen LogP contribution >= 0.6 is 31.9 Å². The Labute approximate surface area is 148 Å². The second-order valence-electron chi connectivity index (χ2n) is 4.79. The molecule has 0 atom stereocenters. The van der Waals surface area contributed by atoms with Gasteiger partial charge in [0.15, 0.2) is 5.58 Å². The molecule has 2 aromatic carbocycles. The monoisotopic (exact) mass is 463 g/mol. The fourth-order valence-electron chi connectivity index (χ4n) is 2.28. The molecular formula is C15H6Br2F3NO3. The van der Waals surface area contributed by atoms with E-state index in [1.54, 1.807) is 6.07 Å². The van der Waals surface area contributed by atoms with Crippen LogP contribution < -0.4 is 11.3 Å². The number of nitrogens with zero attached hydrogens (tertiary/aromatic N) is 1. The molecule has 9 heteroatoms. The Morgan fingerprint density at radius 3 is 2.38 bits per heavy atom. The summed E-state index contributed by atoms with van der Waals surface area (Å²) < 4.78 is 45.8. The normalized spacial score (nSPS) is 11.9. The molecule has 3 rings (SSSR count). The van der Waals surface area contributed by atoms with Gasteiger partial charge in [0.05, 0.1) is 21.1 Å². The molecule has 24 heavy (non-hydrogen) atoms. The van der Waals surface area contributed by atoms with E-state index in [-0.39, 0.29) is 11.0 Å². The topological polar surface area (TPSA) is 52.2 Å². The summed E-state index contributed by atoms with van der Waals surface area (Å²) in [6, 6.07) is 7.24. The second-order valence-corrected chi connectivity index (χ2v) is 6.56. The first-order valence-electron chi connectivity index (χ1n) is 6.41. The van der Waals surface area contributed by atoms with Crippen molar-refractivity contribution in [3.8, 4) is 5.69 Å². The van der Waals surface area contributed by atoms with Crippen LogP contribution in [0.2, 0.25) is 0 Å². The van der Waals surface area contributed by atoms with Crippen molar-refractivity contribution >= 4 is 42.8 Å². The maximum absolute atomic E-state index is 13.2. The van der Waals surface area contributed by atoms with Crippen LogP contribution in [0.1, 0.15) is 5.56 Å². The molecule has 0 amide bonds. The number of hydrogen-bond donors (Lipinski definition) is 0. The van der Waals surface area contributed by atoms with E-state index in [1.807, 2.05) is 0 Å². The molecule has 1 aromatic heterocycles. The van der Waals surface area contributed by atoms with Gasteiger partial charge >= 0.3 is 11.9 Å². The average molecular weight is 465 g/mol. The molecule has 0 spiro atoms. The third-order valence-electron chi connectivity index (χ3n) is 3.26. The Hall–Kier alpha value is -1.87. The molecule has 0 bridgehead atoms. The molecule has 0 aliphatic carbocycles. The molecule has 0 radical (unpaired) electrons. The fraction of sp³-hybridized carbons (Fsp3) is 0.0667. The van der Waals surface area contributed by atoms with Crippen LogP contribution in [0.3, 0.4) is 0 Å². The largest absolute Gasteiger partial charge is 0.427 e. The lowest BCUT2D eigenvalue weighted by Crippen LogP contribution is -2.32. The van der Waals surface area contributed by atoms with Crippen LogP contribution in [0.25, 0.3) is 16.7 Å². The first-order chi connectivity index (χ1) is 11.2. The maximum atomic E-state index is 13.2. The minimum atomic E-state index is -4.73. The predicted octanol–water partition coefficient (Wildman–Crippen LogP) is 4.49. The van der Waals surface area contributed by atoms with Crippen molar-refractivity contribution < 1.29 is 17.6 Å². The molecule has 0 aliphatic heterocycles. The number of halogens is 5. The van der Waals surface area contributed by atoms with E-state index >= 15 is 0 Å². The molecule has 0 saturated heterocycles. The number of aromatic nitrogens is 1. The number of rotatable bonds is 1. The summed E-state index contributed by atoms with van der Waals surface area (Å²) in [4.78, 5) is 24.8. The van der Waals surface area contributed by atoms with Crippen LogP contribution in [-0.2, 0) is 6.18 Å². The summed E-state index contributed by atoms with van der Waals surface area (Å²) in [7, 11) is 0. The molecule has 124 valence electrons. The highest BCUT2D eigenvalue weighted by atomic mass is 79.9. The van der Waals surface area contributed by atoms with Crippen molar-refractivity contribution in [2.75, 3.05) is 0 Å². The first kappa shape index (κ1) is 17.0. The van der Waals surface area contributed by atoms with Gasteiger partial charge in [0, 0.05) is 4.47 Å². The number of fused-ring (bicyclic) bond motifs is 1. The van der Waals surface area contributed by atoms with Gasteiger partial charge in [0.2, 0.25) is 0 Å². The molecule has 0 aliphatic rings. The summed E-state index contributed by atoms with van der Waals surface area (Å²) in [6.07, 6.45) is -4.73. The Morgan fingerprint density at radius 1 is 1.04 bits per heavy atom. The molecule has 0 unspecified atom stereocenters. The third-order valence-corrected chi connectivity index (χ3v) is 4.31. The van der Waals surface area contributed by atoms with Gasteiger partial charge in [-0.3, -0.25) is 4.79 Å². The van der Waals surface area contributed by atoms with Gasteiger partial charge in [-0.1, -0.05) is 28.1 Å². The van der Waals surface area contributed by atoms with Gasteiger partial charge < -0.3 is 4.42 Å². The molecule has 0 saturated carbocycles. The Balaban J connectivity index is 2.46. The minimum Gasteiger partial charge on any atom is -0.408 e. The van der Waals surface area contributed by atoms with E-state index in [1.165, 1.54) is 18.2 Å². The van der Waals surface area contributed by atoms with E-state index in [9.17, 15) is 22.8 Å². The molecule has 0 fully saturated rings. The highest BCUT2D eigenvalue weighted by Gasteiger charge is 2.34. The molecule has 3 aromatic rings. The average Bonchev–Trinajstić information content (AvgIpc) is 2.48. The highest BCUT2D eigenvalue weighted by Crippen LogP contribution is 2.33. The lowest BCUT2D eigenvalue weighted by atomic mass is 10.1. The fourth-order valence-corrected chi connectivity index (χ4v) is 3.58. The van der Waals surface area contributed by atoms with E-state index in [0.717, 1.165) is 12.1 Å². The standard InChI is InChI=1S/C15H6Br2F3NO3/c16-7-5-8-12(10(17)6-7)24-14(23)21(13(8)22)11-4-2-1-3-9(11)15(18,19)20/h1-6H. The third kappa shape index (κ3) is 2.82. The lowest BCUT2D eigenvalue weighted by molar-refractivity contribution is -0.137. The number of para-hydroxylation sites is 1. The van der Waals surface area contributed by atoms with Crippen LogP contribution in [-0.4, -0.2) is 4.57 Å². The summed E-state index contributed by atoms with van der Waals surface area (Å²) in [5, 5.41) is -0.0344. The number of alkyl halides is 3. The van der Waals surface area contributed by atoms with E-state index in [0.29, 0.717) is 13.5 Å². The van der Waals surface area contributed by atoms with Crippen LogP contribution in [0.4, 0.5) is 13.2 Å². The first-order valence-corrected chi connectivity index (χ1v) is 8.00. The summed E-state index contributed by atoms with van der Waals surface area (Å²) in [5.74, 6) is -1.20. The summed E-state index contributed by atoms with van der Waals surface area (Å²) in [6.45, 7) is 0. The smallest absolute Gasteiger partial charge is 0.408 e. The van der Waals surface area contributed by atoms with Crippen LogP contribution in [0, 0.1) is 0 Å². The highest BCUT2D eigenvalue weighted by molar-refractivity contribution is 9.11. The minimum absolute atomic E-state index is 0.0334. The van der Waals surface area contributed by atoms with E-state index < -0.39 is 28.7 Å². The predicted molar refractivity (Wildman–Crippen MR) is 88.5 cm³/mol. The molecule has 4 nitrogen and oxygen atoms in total. The Kier molecular flexibility index (Phi) is 4.16. The van der Waals surface area contributed by atoms with Crippen molar-refractivity contribution in [3.05, 3.63) is 71.8 Å². The second kappa shape index (κ2) is 5.89. The quantitative estimate of drug-likeness (QED) is 0.533. The van der Waals surface area contributed by atoms with Crippen molar-refractivity contribution in [1.82, 2.24) is 4.57 Å². The van der Waals surface area contributed by atoms with Gasteiger partial charge in [0.1, 0.15) is 0 Å². The zero-order chi connectivity index (χ0) is 17.6. The molecule has 0 N–H and O–H groups in total. The van der Waals surface area contributed by atoms with E-state index in [4.69, 9.17) is 4.42 Å². The number of hydrogen-bond acceptors (Lipinski definition) is 3. The van der Waals surface area contributed by atoms with Crippen molar-refractivity contribution in [1.29, 1.82) is 0 Å². The van der Waals surface area contributed by atoms with Crippen molar-refractivity contribution in [3.63, 3.8) is 0 Å². The molecular weight excluding hydrogens is 459 g/mol. The van der Waals surface area contributed by atoms with Gasteiger partial charge in [-0.25, -0.2) is 9.36 Å². The lowest BCUT2D eigenvalue weighted by Gasteiger charge is -2.13. The van der Waals surface area contributed by atoms with Gasteiger partial charge in [0.25, 0.3) is 5.56 Å². The summed E-state index contributed by atoms with van der Waals surface area (Å²) in [5.41, 5.74) is -2.62. The van der Waals surface area contributed by atoms with Crippen LogP contribution in [0.5, 0.6) is 0 Å². The van der Waals surface area contributed by atoms with Gasteiger partial charge in [-0.05, 0) is 40.2 Å². The zero-order valence-electron chi connectivity index (χ0n) is 11.5. The molecule has 1 heterocycles. The Bertz CT molecular complexity index is 1070. The Morgan fingerprint density at radius 2 is 1.71 bits per heavy atom. The zero-order valence-corrected chi connectivity index (χ0v) is 14.7.